The predicted octanol–water partition coefficient (Wildman–Crippen LogP) is 3.22. The van der Waals surface area contributed by atoms with E-state index in [1.165, 1.54) is 31.4 Å². The smallest absolute Gasteiger partial charge is 0.386 e. The van der Waals surface area contributed by atoms with Crippen LogP contribution in [-0.4, -0.2) is 12.6 Å². The Kier molecular flexibility index (Phi) is 5.40. The Labute approximate surface area is 96.1 Å². The summed E-state index contributed by atoms with van der Waals surface area (Å²) in [4.78, 5) is 10.5. The van der Waals surface area contributed by atoms with Crippen LogP contribution in [0, 0.1) is 0 Å². The third-order valence-corrected chi connectivity index (χ3v) is 2.36. The quantitative estimate of drug-likeness (QED) is 0.663. The van der Waals surface area contributed by atoms with Crippen LogP contribution < -0.4 is 4.74 Å². The van der Waals surface area contributed by atoms with E-state index in [1.807, 2.05) is 0 Å². The van der Waals surface area contributed by atoms with Crippen LogP contribution in [0.2, 0.25) is 0 Å². The molecule has 0 saturated heterocycles. The molecule has 0 aliphatic carbocycles. The topological polar surface area (TPSA) is 46.2 Å². The maximum absolute atomic E-state index is 10.5. The van der Waals surface area contributed by atoms with Crippen molar-refractivity contribution < 1.29 is 14.6 Å². The summed E-state index contributed by atoms with van der Waals surface area (Å²) >= 11 is 0. The fraction of sp³-hybridized carbons (Fsp3) is 0.462. The van der Waals surface area contributed by atoms with Gasteiger partial charge in [0.1, 0.15) is 5.75 Å². The molecule has 1 aromatic carbocycles. The van der Waals surface area contributed by atoms with Gasteiger partial charge in [0.25, 0.3) is 0 Å². The number of carbonyl (C=O) groups is 1. The average Bonchev–Trinajstić information content (AvgIpc) is 2.29. The van der Waals surface area contributed by atoms with Gasteiger partial charge in [-0.05, 0) is 30.7 Å². The van der Waals surface area contributed by atoms with Crippen LogP contribution in [0.25, 0.3) is 0 Å². The van der Waals surface area contributed by atoms with Crippen LogP contribution in [-0.2, 0) is 5.11 Å². The third-order valence-electron chi connectivity index (χ3n) is 2.36. The summed E-state index contributed by atoms with van der Waals surface area (Å²) in [6, 6.07) is 6.31. The molecular formula is C13H17O3. The molecule has 0 aliphatic heterocycles. The zero-order valence-electron chi connectivity index (χ0n) is 9.57. The van der Waals surface area contributed by atoms with E-state index >= 15 is 0 Å². The lowest BCUT2D eigenvalue weighted by Gasteiger charge is -2.05. The Morgan fingerprint density at radius 2 is 1.81 bits per heavy atom. The van der Waals surface area contributed by atoms with Gasteiger partial charge in [0.2, 0.25) is 0 Å². The highest BCUT2D eigenvalue weighted by molar-refractivity contribution is 5.87. The van der Waals surface area contributed by atoms with Crippen molar-refractivity contribution in [2.75, 3.05) is 6.61 Å². The standard InChI is InChI=1S/C13H17O3/c1-2-3-4-5-10-16-12-8-6-11(7-9-12)13(14)15/h6-9H,2-5,10H2,1H3. The van der Waals surface area contributed by atoms with Gasteiger partial charge in [-0.25, -0.2) is 9.90 Å². The van der Waals surface area contributed by atoms with Crippen LogP contribution >= 0.6 is 0 Å². The van der Waals surface area contributed by atoms with Gasteiger partial charge in [-0.3, -0.25) is 0 Å². The summed E-state index contributed by atoms with van der Waals surface area (Å²) in [5, 5.41) is 10.5. The lowest BCUT2D eigenvalue weighted by atomic mass is 10.2. The highest BCUT2D eigenvalue weighted by Gasteiger charge is 2.03. The van der Waals surface area contributed by atoms with E-state index in [2.05, 4.69) is 6.92 Å². The van der Waals surface area contributed by atoms with Crippen LogP contribution in [0.4, 0.5) is 0 Å². The Morgan fingerprint density at radius 1 is 1.12 bits per heavy atom. The van der Waals surface area contributed by atoms with Gasteiger partial charge >= 0.3 is 5.97 Å². The highest BCUT2D eigenvalue weighted by atomic mass is 16.5. The molecule has 0 unspecified atom stereocenters. The number of unbranched alkanes of at least 4 members (excludes halogenated alkanes) is 3. The average molecular weight is 221 g/mol. The van der Waals surface area contributed by atoms with Crippen molar-refractivity contribution >= 4 is 5.97 Å². The van der Waals surface area contributed by atoms with Gasteiger partial charge in [-0.15, -0.1) is 0 Å². The second kappa shape index (κ2) is 6.88. The summed E-state index contributed by atoms with van der Waals surface area (Å²) in [6.07, 6.45) is 4.65. The SMILES string of the molecule is CCCCCCOc1ccc(C([O])=O)cc1. The minimum Gasteiger partial charge on any atom is -0.494 e. The first-order chi connectivity index (χ1) is 7.74. The van der Waals surface area contributed by atoms with E-state index in [-0.39, 0.29) is 5.56 Å². The molecule has 87 valence electrons. The van der Waals surface area contributed by atoms with Gasteiger partial charge < -0.3 is 4.74 Å². The molecule has 16 heavy (non-hydrogen) atoms. The molecule has 0 fully saturated rings. The maximum atomic E-state index is 10.5. The van der Waals surface area contributed by atoms with Crippen LogP contribution in [0.3, 0.4) is 0 Å². The molecule has 0 spiro atoms. The Hall–Kier alpha value is -1.51. The summed E-state index contributed by atoms with van der Waals surface area (Å²) < 4.78 is 5.47. The minimum atomic E-state index is -1.16. The molecule has 0 atom stereocenters. The molecule has 0 N–H and O–H groups in total. The van der Waals surface area contributed by atoms with Gasteiger partial charge in [0.05, 0.1) is 12.2 Å². The first-order valence-electron chi connectivity index (χ1n) is 5.68. The Balaban J connectivity index is 2.29. The van der Waals surface area contributed by atoms with E-state index in [1.54, 1.807) is 12.1 Å². The van der Waals surface area contributed by atoms with Crippen molar-refractivity contribution in [2.45, 2.75) is 32.6 Å². The van der Waals surface area contributed by atoms with Crippen molar-refractivity contribution in [1.29, 1.82) is 0 Å². The lowest BCUT2D eigenvalue weighted by molar-refractivity contribution is 0.0573. The van der Waals surface area contributed by atoms with E-state index in [4.69, 9.17) is 4.74 Å². The summed E-state index contributed by atoms with van der Waals surface area (Å²) in [5.74, 6) is -0.448. The zero-order valence-corrected chi connectivity index (χ0v) is 9.57. The first kappa shape index (κ1) is 12.6. The van der Waals surface area contributed by atoms with Crippen LogP contribution in [0.5, 0.6) is 5.75 Å². The molecular weight excluding hydrogens is 204 g/mol. The van der Waals surface area contributed by atoms with Gasteiger partial charge in [0.15, 0.2) is 0 Å². The second-order valence-corrected chi connectivity index (χ2v) is 3.72. The fourth-order valence-corrected chi connectivity index (χ4v) is 1.41. The van der Waals surface area contributed by atoms with E-state index in [0.717, 1.165) is 6.42 Å². The minimum absolute atomic E-state index is 0.179. The Bertz CT molecular complexity index is 316. The van der Waals surface area contributed by atoms with E-state index in [9.17, 15) is 9.90 Å². The molecule has 1 radical (unpaired) electrons. The summed E-state index contributed by atoms with van der Waals surface area (Å²) in [5.41, 5.74) is 0.179. The molecule has 0 aliphatic rings. The van der Waals surface area contributed by atoms with Gasteiger partial charge in [-0.2, -0.15) is 0 Å². The molecule has 0 aromatic heterocycles. The normalized spacial score (nSPS) is 10.1. The zero-order chi connectivity index (χ0) is 11.8. The number of carbonyl (C=O) groups excluding carboxylic acids is 1. The molecule has 0 bridgehead atoms. The molecule has 3 nitrogen and oxygen atoms in total. The van der Waals surface area contributed by atoms with Gasteiger partial charge in [-0.1, -0.05) is 26.2 Å². The Morgan fingerprint density at radius 3 is 2.38 bits per heavy atom. The van der Waals surface area contributed by atoms with E-state index < -0.39 is 5.97 Å². The number of hydrogen-bond acceptors (Lipinski definition) is 2. The third kappa shape index (κ3) is 4.34. The maximum Gasteiger partial charge on any atom is 0.386 e. The molecule has 0 heterocycles. The fourth-order valence-electron chi connectivity index (χ4n) is 1.41. The largest absolute Gasteiger partial charge is 0.494 e. The first-order valence-corrected chi connectivity index (χ1v) is 5.68. The van der Waals surface area contributed by atoms with Crippen molar-refractivity contribution in [3.05, 3.63) is 29.8 Å². The van der Waals surface area contributed by atoms with Crippen LogP contribution in [0.15, 0.2) is 24.3 Å². The number of benzene rings is 1. The lowest BCUT2D eigenvalue weighted by Crippen LogP contribution is -1.98. The second-order valence-electron chi connectivity index (χ2n) is 3.72. The number of ether oxygens (including phenoxy) is 1. The molecule has 0 amide bonds. The summed E-state index contributed by atoms with van der Waals surface area (Å²) in [7, 11) is 0. The highest BCUT2D eigenvalue weighted by Crippen LogP contribution is 2.13. The summed E-state index contributed by atoms with van der Waals surface area (Å²) in [6.45, 7) is 2.85. The van der Waals surface area contributed by atoms with Crippen molar-refractivity contribution in [1.82, 2.24) is 0 Å². The molecule has 1 aromatic rings. The molecule has 0 saturated carbocycles. The van der Waals surface area contributed by atoms with E-state index in [0.29, 0.717) is 12.4 Å². The monoisotopic (exact) mass is 221 g/mol. The van der Waals surface area contributed by atoms with Crippen molar-refractivity contribution in [3.8, 4) is 5.75 Å². The number of rotatable bonds is 7. The van der Waals surface area contributed by atoms with Crippen LogP contribution in [0.1, 0.15) is 43.0 Å². The van der Waals surface area contributed by atoms with Gasteiger partial charge in [0, 0.05) is 0 Å². The number of hydrogen-bond donors (Lipinski definition) is 0. The molecule has 3 heteroatoms. The van der Waals surface area contributed by atoms with Crippen molar-refractivity contribution in [3.63, 3.8) is 0 Å². The van der Waals surface area contributed by atoms with Crippen molar-refractivity contribution in [2.24, 2.45) is 0 Å². The molecule has 1 rings (SSSR count). The predicted molar refractivity (Wildman–Crippen MR) is 61.1 cm³/mol.